The molecule has 1 aromatic carbocycles. The van der Waals surface area contributed by atoms with Gasteiger partial charge in [-0.25, -0.2) is 13.1 Å². The third-order valence-corrected chi connectivity index (χ3v) is 6.19. The molecule has 4 nitrogen and oxygen atoms in total. The molecule has 0 heterocycles. The van der Waals surface area contributed by atoms with Crippen LogP contribution < -0.4 is 10.0 Å². The molecule has 0 saturated heterocycles. The Bertz CT molecular complexity index is 617. The fourth-order valence-electron chi connectivity index (χ4n) is 2.74. The number of nitrogens with one attached hydrogen (secondary N) is 2. The van der Waals surface area contributed by atoms with E-state index in [1.165, 1.54) is 12.8 Å². The van der Waals surface area contributed by atoms with Crippen molar-refractivity contribution < 1.29 is 8.42 Å². The van der Waals surface area contributed by atoms with Crippen molar-refractivity contribution in [1.29, 1.82) is 0 Å². The van der Waals surface area contributed by atoms with E-state index in [-0.39, 0.29) is 5.54 Å². The van der Waals surface area contributed by atoms with Gasteiger partial charge in [0.1, 0.15) is 0 Å². The monoisotopic (exact) mass is 308 g/mol. The number of rotatable bonds is 7. The van der Waals surface area contributed by atoms with Crippen molar-refractivity contribution in [1.82, 2.24) is 10.0 Å². The lowest BCUT2D eigenvalue weighted by molar-refractivity contribution is 0.400. The summed E-state index contributed by atoms with van der Waals surface area (Å²) in [6.07, 6.45) is 4.62. The molecule has 0 radical (unpaired) electrons. The van der Waals surface area contributed by atoms with Gasteiger partial charge in [-0.05, 0) is 57.1 Å². The van der Waals surface area contributed by atoms with E-state index >= 15 is 0 Å². The third-order valence-electron chi connectivity index (χ3n) is 4.42. The average molecular weight is 308 g/mol. The molecule has 2 N–H and O–H groups in total. The van der Waals surface area contributed by atoms with Gasteiger partial charge in [0, 0.05) is 18.1 Å². The Morgan fingerprint density at radius 1 is 1.14 bits per heavy atom. The second-order valence-electron chi connectivity index (χ2n) is 6.86. The summed E-state index contributed by atoms with van der Waals surface area (Å²) in [5.41, 5.74) is 0.485. The van der Waals surface area contributed by atoms with Crippen molar-refractivity contribution in [2.24, 2.45) is 5.92 Å². The summed E-state index contributed by atoms with van der Waals surface area (Å²) in [7, 11) is -3.47. The summed E-state index contributed by atoms with van der Waals surface area (Å²) in [6.45, 7) is 4.58. The predicted octanol–water partition coefficient (Wildman–Crippen LogP) is 2.41. The molecule has 0 spiro atoms. The number of hydrogen-bond acceptors (Lipinski definition) is 3. The van der Waals surface area contributed by atoms with Crippen LogP contribution in [0.15, 0.2) is 29.2 Å². The minimum Gasteiger partial charge on any atom is -0.310 e. The summed E-state index contributed by atoms with van der Waals surface area (Å²) < 4.78 is 28.3. The Hall–Kier alpha value is -0.910. The summed E-state index contributed by atoms with van der Waals surface area (Å²) in [4.78, 5) is 0.409. The number of hydrogen-bond donors (Lipinski definition) is 2. The van der Waals surface area contributed by atoms with E-state index in [0.29, 0.717) is 23.4 Å². The molecular formula is C16H24N2O2S. The fraction of sp³-hybridized carbons (Fsp3) is 0.625. The Kier molecular flexibility index (Phi) is 3.84. The van der Waals surface area contributed by atoms with Gasteiger partial charge in [-0.3, -0.25) is 0 Å². The predicted molar refractivity (Wildman–Crippen MR) is 83.4 cm³/mol. The summed E-state index contributed by atoms with van der Waals surface area (Å²) in [5, 5.41) is 3.39. The highest BCUT2D eigenvalue weighted by Crippen LogP contribution is 2.40. The van der Waals surface area contributed by atoms with E-state index in [1.807, 2.05) is 26.0 Å². The topological polar surface area (TPSA) is 58.2 Å². The molecule has 5 heteroatoms. The van der Waals surface area contributed by atoms with Crippen LogP contribution in [0.5, 0.6) is 0 Å². The smallest absolute Gasteiger partial charge is 0.241 e. The minimum absolute atomic E-state index is 0.365. The molecule has 2 aliphatic rings. The molecule has 116 valence electrons. The van der Waals surface area contributed by atoms with E-state index in [1.54, 1.807) is 12.1 Å². The highest BCUT2D eigenvalue weighted by Gasteiger charge is 2.41. The maximum absolute atomic E-state index is 12.7. The van der Waals surface area contributed by atoms with Crippen molar-refractivity contribution in [3.05, 3.63) is 29.8 Å². The lowest BCUT2D eigenvalue weighted by Crippen LogP contribution is -2.45. The zero-order valence-corrected chi connectivity index (χ0v) is 13.5. The first-order valence-corrected chi connectivity index (χ1v) is 9.22. The van der Waals surface area contributed by atoms with Crippen LogP contribution in [0.3, 0.4) is 0 Å². The van der Waals surface area contributed by atoms with Gasteiger partial charge in [0.25, 0.3) is 0 Å². The minimum atomic E-state index is -3.47. The molecule has 2 fully saturated rings. The molecular weight excluding hydrogens is 284 g/mol. The molecule has 0 aliphatic heterocycles. The molecule has 21 heavy (non-hydrogen) atoms. The highest BCUT2D eigenvalue weighted by atomic mass is 32.2. The first kappa shape index (κ1) is 15.0. The Morgan fingerprint density at radius 3 is 2.43 bits per heavy atom. The van der Waals surface area contributed by atoms with Crippen LogP contribution in [0.4, 0.5) is 0 Å². The fourth-order valence-corrected chi connectivity index (χ4v) is 4.46. The van der Waals surface area contributed by atoms with E-state index in [2.05, 4.69) is 10.0 Å². The van der Waals surface area contributed by atoms with Crippen molar-refractivity contribution in [3.8, 4) is 0 Å². The Labute approximate surface area is 127 Å². The van der Waals surface area contributed by atoms with Gasteiger partial charge in [0.15, 0.2) is 0 Å². The quantitative estimate of drug-likeness (QED) is 0.813. The van der Waals surface area contributed by atoms with Crippen molar-refractivity contribution in [2.75, 3.05) is 0 Å². The van der Waals surface area contributed by atoms with Gasteiger partial charge in [-0.15, -0.1) is 0 Å². The Balaban J connectivity index is 1.80. The van der Waals surface area contributed by atoms with E-state index in [4.69, 9.17) is 0 Å². The van der Waals surface area contributed by atoms with Crippen molar-refractivity contribution >= 4 is 10.0 Å². The summed E-state index contributed by atoms with van der Waals surface area (Å²) in [6, 6.07) is 7.86. The van der Waals surface area contributed by atoms with Gasteiger partial charge >= 0.3 is 0 Å². The zero-order chi connectivity index (χ0) is 15.1. The van der Waals surface area contributed by atoms with E-state index in [0.717, 1.165) is 18.4 Å². The lowest BCUT2D eigenvalue weighted by Gasteiger charge is -2.26. The molecule has 0 aromatic heterocycles. The van der Waals surface area contributed by atoms with Crippen LogP contribution in [-0.2, 0) is 16.6 Å². The summed E-state index contributed by atoms with van der Waals surface area (Å²) in [5.74, 6) is 0.462. The molecule has 0 unspecified atom stereocenters. The van der Waals surface area contributed by atoms with Crippen LogP contribution in [0, 0.1) is 5.92 Å². The lowest BCUT2D eigenvalue weighted by atomic mass is 10.0. The van der Waals surface area contributed by atoms with E-state index < -0.39 is 10.0 Å². The highest BCUT2D eigenvalue weighted by molar-refractivity contribution is 7.89. The van der Waals surface area contributed by atoms with Crippen LogP contribution in [0.1, 0.15) is 45.1 Å². The van der Waals surface area contributed by atoms with Crippen LogP contribution >= 0.6 is 0 Å². The van der Waals surface area contributed by atoms with Crippen LogP contribution in [0.25, 0.3) is 0 Å². The second-order valence-corrected chi connectivity index (χ2v) is 8.52. The number of sulfonamides is 1. The molecule has 1 aromatic rings. The first-order valence-electron chi connectivity index (χ1n) is 7.74. The third kappa shape index (κ3) is 3.65. The maximum Gasteiger partial charge on any atom is 0.241 e. The molecule has 0 amide bonds. The van der Waals surface area contributed by atoms with Crippen molar-refractivity contribution in [3.63, 3.8) is 0 Å². The average Bonchev–Trinajstić information content (AvgIpc) is 3.28. The van der Waals surface area contributed by atoms with Crippen LogP contribution in [-0.4, -0.2) is 20.0 Å². The molecule has 2 saturated carbocycles. The summed E-state index contributed by atoms with van der Waals surface area (Å²) >= 11 is 0. The zero-order valence-electron chi connectivity index (χ0n) is 12.7. The normalized spacial score (nSPS) is 19.7. The second kappa shape index (κ2) is 5.38. The SMILES string of the molecule is CC(C)(NS(=O)(=O)c1ccccc1CNC1CC1)C1CC1. The standard InChI is InChI=1S/C16H24N2O2S/c1-16(2,13-7-8-13)18-21(19,20)15-6-4-3-5-12(15)11-17-14-9-10-14/h3-6,13-14,17-18H,7-11H2,1-2H3. The van der Waals surface area contributed by atoms with Gasteiger partial charge in [-0.2, -0.15) is 0 Å². The van der Waals surface area contributed by atoms with Gasteiger partial charge in [-0.1, -0.05) is 18.2 Å². The molecule has 0 bridgehead atoms. The molecule has 3 rings (SSSR count). The largest absolute Gasteiger partial charge is 0.310 e. The van der Waals surface area contributed by atoms with Crippen molar-refractivity contribution in [2.45, 2.75) is 62.6 Å². The molecule has 2 aliphatic carbocycles. The molecule has 0 atom stereocenters. The number of benzene rings is 1. The van der Waals surface area contributed by atoms with Crippen LogP contribution in [0.2, 0.25) is 0 Å². The first-order chi connectivity index (χ1) is 9.88. The van der Waals surface area contributed by atoms with Gasteiger partial charge < -0.3 is 5.32 Å². The maximum atomic E-state index is 12.7. The van der Waals surface area contributed by atoms with Gasteiger partial charge in [0.2, 0.25) is 10.0 Å². The Morgan fingerprint density at radius 2 is 1.81 bits per heavy atom. The van der Waals surface area contributed by atoms with E-state index in [9.17, 15) is 8.42 Å². The van der Waals surface area contributed by atoms with Gasteiger partial charge in [0.05, 0.1) is 4.90 Å².